The van der Waals surface area contributed by atoms with Crippen molar-refractivity contribution in [2.45, 2.75) is 94.0 Å². The Morgan fingerprint density at radius 3 is 1.79 bits per heavy atom. The van der Waals surface area contributed by atoms with Gasteiger partial charge in [-0.3, -0.25) is 33.8 Å². The SMILES string of the molecule is COCCOCCOCCOCCOCCOCCOCCOCCOCCOCCOCCOCCC(=O)N[C@@H](CC(=O)O)C(=O)CN1C(=O)CCN(c2cc(C#CCNC3(C)CCN(C4CCN(c5nc([C@@](CO)(OC6CC6)c6ccccc6)c6cc(-c7cn(C)c(=O)c8[nH]ccc78)ccc6n5)CC4)CC3)ccc2OC)C1=O. The maximum atomic E-state index is 14.2. The summed E-state index contributed by atoms with van der Waals surface area (Å²) in [5.74, 6) is 3.88. The summed E-state index contributed by atoms with van der Waals surface area (Å²) in [5.41, 5.74) is 3.74. The largest absolute Gasteiger partial charge is 0.495 e. The van der Waals surface area contributed by atoms with Crippen LogP contribution >= 0.6 is 0 Å². The lowest BCUT2D eigenvalue weighted by Gasteiger charge is -2.45. The fourth-order valence-electron chi connectivity index (χ4n) is 13.9. The number of aliphatic hydroxyl groups excluding tert-OH is 1. The molecule has 5 N–H and O–H groups in total. The van der Waals surface area contributed by atoms with Crippen LogP contribution in [0.1, 0.15) is 81.5 Å². The Kier molecular flexibility index (Phi) is 36.4. The van der Waals surface area contributed by atoms with E-state index in [1.54, 1.807) is 43.1 Å². The van der Waals surface area contributed by atoms with Crippen LogP contribution in [0.4, 0.5) is 16.4 Å². The Balaban J connectivity index is 0.590. The van der Waals surface area contributed by atoms with Crippen molar-refractivity contribution in [3.8, 4) is 28.7 Å². The molecule has 32 nitrogen and oxygen atoms in total. The monoisotopic (exact) mass is 1600 g/mol. The first kappa shape index (κ1) is 88.9. The van der Waals surface area contributed by atoms with Crippen LogP contribution in [0.5, 0.6) is 5.75 Å². The molecule has 1 aliphatic carbocycles. The van der Waals surface area contributed by atoms with Gasteiger partial charge >= 0.3 is 12.0 Å². The number of aliphatic hydroxyl groups is 1. The molecular weight excluding hydrogens is 1490 g/mol. The smallest absolute Gasteiger partial charge is 0.331 e. The van der Waals surface area contributed by atoms with E-state index in [0.29, 0.717) is 179 Å². The number of ketones is 1. The number of aromatic amines is 1. The number of fused-ring (bicyclic) bond motifs is 2. The normalized spacial score (nSPS) is 16.3. The minimum Gasteiger partial charge on any atom is -0.495 e. The number of ether oxygens (including phenoxy) is 14. The highest BCUT2D eigenvalue weighted by Gasteiger charge is 2.45. The third kappa shape index (κ3) is 27.1. The number of carbonyl (C=O) groups excluding carboxylic acids is 4. The second-order valence-corrected chi connectivity index (χ2v) is 28.7. The number of hydrogen-bond donors (Lipinski definition) is 5. The molecule has 1 saturated carbocycles. The van der Waals surface area contributed by atoms with Gasteiger partial charge in [-0.2, -0.15) is 0 Å². The number of hydrogen-bond acceptors (Lipinski definition) is 26. The number of H-pyrrole nitrogens is 1. The van der Waals surface area contributed by atoms with Gasteiger partial charge in [0.2, 0.25) is 17.8 Å². The van der Waals surface area contributed by atoms with Crippen LogP contribution in [-0.4, -0.2) is 311 Å². The standard InChI is InChI=1S/C83H114N10O22/c1-82(23-30-90(31-24-82)64-19-27-91(28-20-64)80-87-69-16-13-62(68-58-89(2)79(100)77-66(68)18-26-84-77)56-67(69)78(88-80)83(60-94,115-65-14-15-65)63-10-6-5-7-11-63)85-25-8-9-61-12-17-73(103-4)71(55-61)92-29-21-75(97)93(81(92)101)59-72(95)70(57-76(98)99)86-74(96)22-32-104-35-36-106-39-40-108-43-44-110-47-48-112-51-52-114-54-53-113-50-49-111-46-45-109-42-41-107-38-37-105-34-33-102-3/h5-7,10-13,16-18,26,55-56,58,64-65,70,84-85,94H,14-15,19-25,27-54,57,59-60H2,1-4H3,(H,86,96)(H,98,99)/t70-,83-/m0/s1. The van der Waals surface area contributed by atoms with Gasteiger partial charge in [0.05, 0.1) is 214 Å². The summed E-state index contributed by atoms with van der Waals surface area (Å²) in [4.78, 5) is 100. The first-order chi connectivity index (χ1) is 56.1. The van der Waals surface area contributed by atoms with E-state index in [0.717, 1.165) is 103 Å². The molecule has 3 aromatic heterocycles. The third-order valence-electron chi connectivity index (χ3n) is 20.5. The Hall–Kier alpha value is -8.44. The number of carbonyl (C=O) groups is 5. The fraction of sp³-hybridized carbons (Fsp3) is 0.590. The van der Waals surface area contributed by atoms with Crippen molar-refractivity contribution in [2.75, 3.05) is 228 Å². The van der Waals surface area contributed by atoms with Crippen molar-refractivity contribution in [3.63, 3.8) is 0 Å². The summed E-state index contributed by atoms with van der Waals surface area (Å²) < 4.78 is 79.5. The first-order valence-corrected chi connectivity index (χ1v) is 39.8. The van der Waals surface area contributed by atoms with E-state index in [1.165, 1.54) is 12.0 Å². The minimum atomic E-state index is -1.54. The highest BCUT2D eigenvalue weighted by molar-refractivity contribution is 6.09. The molecule has 0 unspecified atom stereocenters. The molecule has 3 saturated heterocycles. The van der Waals surface area contributed by atoms with Gasteiger partial charge < -0.3 is 107 Å². The van der Waals surface area contributed by atoms with Crippen LogP contribution in [0.2, 0.25) is 0 Å². The number of anilines is 2. The molecule has 3 aromatic carbocycles. The quantitative estimate of drug-likeness (QED) is 0.0240. The third-order valence-corrected chi connectivity index (χ3v) is 20.5. The van der Waals surface area contributed by atoms with E-state index in [9.17, 15) is 39.0 Å². The Bertz CT molecular complexity index is 4160. The number of likely N-dealkylation sites (tertiary alicyclic amines) is 1. The van der Waals surface area contributed by atoms with Crippen molar-refractivity contribution in [1.82, 2.24) is 40.0 Å². The number of imide groups is 1. The average Bonchev–Trinajstić information content (AvgIpc) is 1.70. The summed E-state index contributed by atoms with van der Waals surface area (Å²) >= 11 is 0. The molecule has 628 valence electrons. The van der Waals surface area contributed by atoms with Crippen LogP contribution in [0, 0.1) is 11.8 Å². The van der Waals surface area contributed by atoms with Crippen LogP contribution in [-0.2, 0) is 93.4 Å². The number of nitrogens with zero attached hydrogens (tertiary/aromatic N) is 7. The number of amides is 4. The van der Waals surface area contributed by atoms with Gasteiger partial charge in [-0.25, -0.2) is 14.8 Å². The molecule has 32 heteroatoms. The first-order valence-electron chi connectivity index (χ1n) is 39.8. The Morgan fingerprint density at radius 2 is 1.24 bits per heavy atom. The number of piperidine rings is 2. The number of urea groups is 1. The van der Waals surface area contributed by atoms with E-state index >= 15 is 0 Å². The number of aliphatic carboxylic acids is 1. The number of aromatic nitrogens is 4. The van der Waals surface area contributed by atoms with Crippen molar-refractivity contribution in [3.05, 3.63) is 112 Å². The molecule has 6 heterocycles. The molecule has 10 rings (SSSR count). The van der Waals surface area contributed by atoms with Gasteiger partial charge in [0.1, 0.15) is 11.3 Å². The van der Waals surface area contributed by atoms with E-state index in [4.69, 9.17) is 76.3 Å². The molecule has 2 atom stereocenters. The topological polar surface area (TPSA) is 356 Å². The predicted octanol–water partition coefficient (Wildman–Crippen LogP) is 5.27. The highest BCUT2D eigenvalue weighted by Crippen LogP contribution is 2.44. The maximum Gasteiger partial charge on any atom is 0.331 e. The fourth-order valence-corrected chi connectivity index (χ4v) is 13.9. The lowest BCUT2D eigenvalue weighted by Crippen LogP contribution is -2.56. The zero-order valence-corrected chi connectivity index (χ0v) is 66.8. The van der Waals surface area contributed by atoms with Gasteiger partial charge in [-0.1, -0.05) is 48.2 Å². The number of Topliss-reactive ketones (excluding diaryl/α,β-unsaturated/α-hetero) is 1. The van der Waals surface area contributed by atoms with Crippen molar-refractivity contribution < 1.29 is 101 Å². The molecule has 115 heavy (non-hydrogen) atoms. The molecule has 3 aliphatic heterocycles. The summed E-state index contributed by atoms with van der Waals surface area (Å²) in [5, 5.41) is 29.1. The molecule has 6 aromatic rings. The molecule has 0 bridgehead atoms. The van der Waals surface area contributed by atoms with E-state index in [-0.39, 0.29) is 63.0 Å². The average molecular weight is 1600 g/mol. The van der Waals surface area contributed by atoms with E-state index in [2.05, 4.69) is 50.2 Å². The zero-order valence-electron chi connectivity index (χ0n) is 66.8. The van der Waals surface area contributed by atoms with Crippen LogP contribution in [0.25, 0.3) is 32.9 Å². The summed E-state index contributed by atoms with van der Waals surface area (Å²) in [6.45, 7) is 14.1. The number of aryl methyl sites for hydroxylation is 1. The second-order valence-electron chi connectivity index (χ2n) is 28.7. The Labute approximate surface area is 671 Å². The second kappa shape index (κ2) is 47.1. The number of pyridine rings is 1. The number of rotatable bonds is 54. The number of carboxylic acid groups (broad SMARTS) is 1. The summed E-state index contributed by atoms with van der Waals surface area (Å²) in [7, 11) is 4.83. The number of carboxylic acids is 1. The Morgan fingerprint density at radius 1 is 0.670 bits per heavy atom. The number of benzene rings is 3. The molecule has 4 amide bonds. The lowest BCUT2D eigenvalue weighted by molar-refractivity contribution is -0.140. The summed E-state index contributed by atoms with van der Waals surface area (Å²) in [6, 6.07) is 21.0. The zero-order chi connectivity index (χ0) is 81.0. The summed E-state index contributed by atoms with van der Waals surface area (Å²) in [6.07, 6.45) is 7.88. The molecular formula is C83H114N10O22. The van der Waals surface area contributed by atoms with Gasteiger partial charge in [0, 0.05) is 106 Å². The highest BCUT2D eigenvalue weighted by atomic mass is 16.6. The molecule has 0 radical (unpaired) electrons. The number of nitrogens with one attached hydrogen (secondary N) is 3. The van der Waals surface area contributed by atoms with Gasteiger partial charge in [-0.15, -0.1) is 0 Å². The van der Waals surface area contributed by atoms with E-state index < -0.39 is 54.2 Å². The van der Waals surface area contributed by atoms with Crippen LogP contribution < -0.4 is 30.7 Å². The van der Waals surface area contributed by atoms with Gasteiger partial charge in [-0.05, 0) is 93.0 Å². The predicted molar refractivity (Wildman–Crippen MR) is 427 cm³/mol. The molecule has 4 aliphatic rings. The van der Waals surface area contributed by atoms with Gasteiger partial charge in [0.25, 0.3) is 5.56 Å². The van der Waals surface area contributed by atoms with Crippen molar-refractivity contribution in [1.29, 1.82) is 0 Å². The van der Waals surface area contributed by atoms with Crippen molar-refractivity contribution >= 4 is 63.0 Å². The lowest BCUT2D eigenvalue weighted by atomic mass is 9.87. The van der Waals surface area contributed by atoms with E-state index in [1.807, 2.05) is 54.7 Å². The minimum absolute atomic E-state index is 0.0218. The van der Waals surface area contributed by atoms with Crippen LogP contribution in [0.15, 0.2) is 90.0 Å². The molecule has 4 fully saturated rings. The molecule has 0 spiro atoms. The van der Waals surface area contributed by atoms with Crippen LogP contribution in [0.3, 0.4) is 0 Å². The maximum absolute atomic E-state index is 14.2. The number of methoxy groups -OCH3 is 2. The van der Waals surface area contributed by atoms with Crippen molar-refractivity contribution in [2.24, 2.45) is 7.05 Å². The van der Waals surface area contributed by atoms with Gasteiger partial charge in [0.15, 0.2) is 11.4 Å².